The maximum Gasteiger partial charge on any atom is 0.0897 e. The highest BCUT2D eigenvalue weighted by molar-refractivity contribution is 9.11. The molecule has 0 fully saturated rings. The summed E-state index contributed by atoms with van der Waals surface area (Å²) in [5.41, 5.74) is 1.21. The van der Waals surface area contributed by atoms with Gasteiger partial charge in [-0.2, -0.15) is 0 Å². The van der Waals surface area contributed by atoms with Crippen LogP contribution < -0.4 is 5.32 Å². The van der Waals surface area contributed by atoms with Crippen LogP contribution in [0.4, 0.5) is 0 Å². The molecule has 104 valence electrons. The summed E-state index contributed by atoms with van der Waals surface area (Å²) in [7, 11) is 0. The van der Waals surface area contributed by atoms with E-state index in [1.165, 1.54) is 20.8 Å². The molecule has 0 aliphatic rings. The molecule has 0 aliphatic carbocycles. The molecule has 0 aromatic carbocycles. The average Bonchev–Trinajstić information content (AvgIpc) is 2.95. The molecule has 19 heavy (non-hydrogen) atoms. The van der Waals surface area contributed by atoms with Crippen molar-refractivity contribution in [2.24, 2.45) is 0 Å². The Bertz CT molecular complexity index is 465. The number of hydrogen-bond donors (Lipinski definition) is 1. The van der Waals surface area contributed by atoms with Crippen LogP contribution in [-0.2, 0) is 12.8 Å². The van der Waals surface area contributed by atoms with E-state index in [2.05, 4.69) is 57.6 Å². The minimum atomic E-state index is 0.479. The highest BCUT2D eigenvalue weighted by Crippen LogP contribution is 2.24. The zero-order chi connectivity index (χ0) is 13.7. The zero-order valence-electron chi connectivity index (χ0n) is 11.3. The number of rotatable bonds is 7. The Morgan fingerprint density at radius 3 is 2.79 bits per heavy atom. The highest BCUT2D eigenvalue weighted by Gasteiger charge is 2.13. The molecule has 2 heterocycles. The minimum absolute atomic E-state index is 0.479. The van der Waals surface area contributed by atoms with Crippen molar-refractivity contribution in [3.63, 3.8) is 0 Å². The molecular formula is C14H19BrN2S2. The first kappa shape index (κ1) is 15.2. The lowest BCUT2D eigenvalue weighted by Crippen LogP contribution is -2.33. The SMILES string of the molecule is CCCNC(Cc1csc(C)n1)Cc1ccc(Br)s1. The number of thiophene rings is 1. The minimum Gasteiger partial charge on any atom is -0.313 e. The molecule has 0 bridgehead atoms. The summed E-state index contributed by atoms with van der Waals surface area (Å²) < 4.78 is 1.21. The van der Waals surface area contributed by atoms with E-state index in [-0.39, 0.29) is 0 Å². The molecule has 5 heteroatoms. The predicted molar refractivity (Wildman–Crippen MR) is 88.4 cm³/mol. The molecular weight excluding hydrogens is 340 g/mol. The van der Waals surface area contributed by atoms with E-state index in [1.54, 1.807) is 11.3 Å². The van der Waals surface area contributed by atoms with Crippen LogP contribution in [0.25, 0.3) is 0 Å². The molecule has 0 radical (unpaired) electrons. The zero-order valence-corrected chi connectivity index (χ0v) is 14.5. The Balaban J connectivity index is 1.98. The van der Waals surface area contributed by atoms with Gasteiger partial charge in [-0.25, -0.2) is 4.98 Å². The van der Waals surface area contributed by atoms with Crippen LogP contribution in [-0.4, -0.2) is 17.6 Å². The van der Waals surface area contributed by atoms with Gasteiger partial charge in [-0.15, -0.1) is 22.7 Å². The molecule has 0 spiro atoms. The molecule has 1 N–H and O–H groups in total. The summed E-state index contributed by atoms with van der Waals surface area (Å²) in [6, 6.07) is 4.82. The summed E-state index contributed by atoms with van der Waals surface area (Å²) in [5, 5.41) is 6.98. The van der Waals surface area contributed by atoms with E-state index in [9.17, 15) is 0 Å². The molecule has 0 aliphatic heterocycles. The first-order valence-corrected chi connectivity index (χ1v) is 9.05. The van der Waals surface area contributed by atoms with Gasteiger partial charge in [0.1, 0.15) is 0 Å². The summed E-state index contributed by atoms with van der Waals surface area (Å²) in [5.74, 6) is 0. The van der Waals surface area contributed by atoms with Crippen molar-refractivity contribution >= 4 is 38.6 Å². The van der Waals surface area contributed by atoms with Gasteiger partial charge in [-0.1, -0.05) is 6.92 Å². The van der Waals surface area contributed by atoms with Crippen LogP contribution in [0.3, 0.4) is 0 Å². The number of aromatic nitrogens is 1. The number of thiazole rings is 1. The van der Waals surface area contributed by atoms with Gasteiger partial charge in [-0.05, 0) is 54.4 Å². The molecule has 0 saturated heterocycles. The smallest absolute Gasteiger partial charge is 0.0897 e. The molecule has 1 atom stereocenters. The monoisotopic (exact) mass is 358 g/mol. The van der Waals surface area contributed by atoms with Crippen molar-refractivity contribution in [2.75, 3.05) is 6.54 Å². The number of aryl methyl sites for hydroxylation is 1. The summed E-state index contributed by atoms with van der Waals surface area (Å²) in [4.78, 5) is 6.00. The van der Waals surface area contributed by atoms with Gasteiger partial charge in [0.15, 0.2) is 0 Å². The second-order valence-corrected chi connectivity index (χ2v) is 8.23. The predicted octanol–water partition coefficient (Wildman–Crippen LogP) is 4.43. The largest absolute Gasteiger partial charge is 0.313 e. The molecule has 2 nitrogen and oxygen atoms in total. The van der Waals surface area contributed by atoms with Crippen molar-refractivity contribution in [1.82, 2.24) is 10.3 Å². The van der Waals surface area contributed by atoms with Gasteiger partial charge in [-0.3, -0.25) is 0 Å². The molecule has 2 aromatic heterocycles. The van der Waals surface area contributed by atoms with Gasteiger partial charge in [0.25, 0.3) is 0 Å². The van der Waals surface area contributed by atoms with Gasteiger partial charge < -0.3 is 5.32 Å². The van der Waals surface area contributed by atoms with Crippen LogP contribution in [0.2, 0.25) is 0 Å². The quantitative estimate of drug-likeness (QED) is 0.791. The lowest BCUT2D eigenvalue weighted by atomic mass is 10.1. The lowest BCUT2D eigenvalue weighted by molar-refractivity contribution is 0.504. The van der Waals surface area contributed by atoms with Gasteiger partial charge in [0.05, 0.1) is 14.5 Å². The standard InChI is InChI=1S/C14H19BrN2S2/c1-3-6-16-11(7-12-9-18-10(2)17-12)8-13-4-5-14(15)19-13/h4-5,9,11,16H,3,6-8H2,1-2H3. The first-order valence-electron chi connectivity index (χ1n) is 6.56. The second kappa shape index (κ2) is 7.53. The van der Waals surface area contributed by atoms with Crippen LogP contribution in [0.5, 0.6) is 0 Å². The molecule has 2 rings (SSSR count). The molecule has 0 saturated carbocycles. The molecule has 2 aromatic rings. The fourth-order valence-electron chi connectivity index (χ4n) is 2.02. The number of nitrogens with one attached hydrogen (secondary N) is 1. The maximum absolute atomic E-state index is 4.58. The topological polar surface area (TPSA) is 24.9 Å². The number of halogens is 1. The summed E-state index contributed by atoms with van der Waals surface area (Å²) in [6.45, 7) is 5.35. The van der Waals surface area contributed by atoms with Crippen molar-refractivity contribution in [3.8, 4) is 0 Å². The van der Waals surface area contributed by atoms with Crippen LogP contribution in [0.1, 0.15) is 28.9 Å². The normalized spacial score (nSPS) is 12.8. The van der Waals surface area contributed by atoms with Crippen LogP contribution >= 0.6 is 38.6 Å². The third-order valence-corrected chi connectivity index (χ3v) is 5.35. The van der Waals surface area contributed by atoms with E-state index in [0.29, 0.717) is 6.04 Å². The summed E-state index contributed by atoms with van der Waals surface area (Å²) >= 11 is 7.09. The Morgan fingerprint density at radius 2 is 2.21 bits per heavy atom. The third-order valence-electron chi connectivity index (χ3n) is 2.88. The van der Waals surface area contributed by atoms with E-state index in [4.69, 9.17) is 0 Å². The highest BCUT2D eigenvalue weighted by atomic mass is 79.9. The Kier molecular flexibility index (Phi) is 6.01. The Hall–Kier alpha value is -0.230. The fourth-order valence-corrected chi connectivity index (χ4v) is 4.21. The van der Waals surface area contributed by atoms with Gasteiger partial charge in [0.2, 0.25) is 0 Å². The van der Waals surface area contributed by atoms with E-state index in [0.717, 1.165) is 24.4 Å². The van der Waals surface area contributed by atoms with E-state index in [1.807, 2.05) is 11.3 Å². The average molecular weight is 359 g/mol. The van der Waals surface area contributed by atoms with Crippen LogP contribution in [0, 0.1) is 6.92 Å². The van der Waals surface area contributed by atoms with Gasteiger partial charge >= 0.3 is 0 Å². The lowest BCUT2D eigenvalue weighted by Gasteiger charge is -2.16. The molecule has 0 amide bonds. The maximum atomic E-state index is 4.58. The van der Waals surface area contributed by atoms with Crippen molar-refractivity contribution in [1.29, 1.82) is 0 Å². The van der Waals surface area contributed by atoms with Gasteiger partial charge in [0, 0.05) is 22.7 Å². The molecule has 1 unspecified atom stereocenters. The van der Waals surface area contributed by atoms with Crippen molar-refractivity contribution in [2.45, 2.75) is 39.2 Å². The first-order chi connectivity index (χ1) is 9.17. The fraction of sp³-hybridized carbons (Fsp3) is 0.500. The van der Waals surface area contributed by atoms with Crippen molar-refractivity contribution < 1.29 is 0 Å². The Morgan fingerprint density at radius 1 is 1.37 bits per heavy atom. The van der Waals surface area contributed by atoms with E-state index < -0.39 is 0 Å². The Labute approximate surface area is 131 Å². The number of hydrogen-bond acceptors (Lipinski definition) is 4. The van der Waals surface area contributed by atoms with Crippen molar-refractivity contribution in [3.05, 3.63) is 36.9 Å². The van der Waals surface area contributed by atoms with Crippen LogP contribution in [0.15, 0.2) is 21.3 Å². The number of nitrogens with zero attached hydrogens (tertiary/aromatic N) is 1. The third kappa shape index (κ3) is 4.99. The van der Waals surface area contributed by atoms with E-state index >= 15 is 0 Å². The second-order valence-electron chi connectivity index (χ2n) is 4.62. The summed E-state index contributed by atoms with van der Waals surface area (Å²) in [6.07, 6.45) is 3.26.